The fourth-order valence-electron chi connectivity index (χ4n) is 3.26. The molecule has 142 valence electrons. The summed E-state index contributed by atoms with van der Waals surface area (Å²) in [5.41, 5.74) is 3.27. The molecule has 3 rings (SSSR count). The highest BCUT2D eigenvalue weighted by Gasteiger charge is 2.22. The molecule has 2 atom stereocenters. The van der Waals surface area contributed by atoms with Gasteiger partial charge in [-0.1, -0.05) is 54.6 Å². The van der Waals surface area contributed by atoms with E-state index in [-0.39, 0.29) is 23.7 Å². The van der Waals surface area contributed by atoms with Gasteiger partial charge in [-0.2, -0.15) is 0 Å². The zero-order chi connectivity index (χ0) is 19.9. The monoisotopic (exact) mass is 375 g/mol. The largest absolute Gasteiger partial charge is 0.349 e. The number of aldehydes is 1. The van der Waals surface area contributed by atoms with Gasteiger partial charge in [-0.05, 0) is 48.7 Å². The van der Waals surface area contributed by atoms with Gasteiger partial charge in [0, 0.05) is 23.1 Å². The Labute approximate surface area is 164 Å². The minimum Gasteiger partial charge on any atom is -0.349 e. The summed E-state index contributed by atoms with van der Waals surface area (Å²) in [5, 5.41) is 3.04. The molecule has 0 spiro atoms. The predicted octanol–water partition coefficient (Wildman–Crippen LogP) is 4.78. The highest BCUT2D eigenvalue weighted by molar-refractivity contribution is 5.94. The van der Waals surface area contributed by atoms with Gasteiger partial charge in [0.15, 0.2) is 0 Å². The number of hydrogen-bond donors (Lipinski definition) is 1. The first kappa shape index (κ1) is 19.5. The van der Waals surface area contributed by atoms with E-state index in [1.54, 1.807) is 12.1 Å². The Morgan fingerprint density at radius 3 is 2.21 bits per heavy atom. The first-order chi connectivity index (χ1) is 13.6. The van der Waals surface area contributed by atoms with Crippen LogP contribution in [-0.2, 0) is 6.42 Å². The van der Waals surface area contributed by atoms with Gasteiger partial charge in [0.25, 0.3) is 5.91 Å². The number of carbonyl (C=O) groups is 2. The van der Waals surface area contributed by atoms with Gasteiger partial charge in [0.2, 0.25) is 0 Å². The summed E-state index contributed by atoms with van der Waals surface area (Å²) in [6.45, 7) is 1.97. The molecule has 0 radical (unpaired) electrons. The van der Waals surface area contributed by atoms with Crippen LogP contribution in [0.3, 0.4) is 0 Å². The fourth-order valence-corrected chi connectivity index (χ4v) is 3.26. The fraction of sp³-hybridized carbons (Fsp3) is 0.167. The standard InChI is InChI=1S/C24H22FNO2/c1-17(26-24(28)21-11-13-22(25)14-12-21)23(20-5-3-2-4-6-20)15-18-7-9-19(16-27)10-8-18/h2-14,16-17,23H,15H2,1H3,(H,26,28). The molecule has 0 saturated carbocycles. The number of benzene rings is 3. The van der Waals surface area contributed by atoms with E-state index >= 15 is 0 Å². The Kier molecular flexibility index (Phi) is 6.33. The van der Waals surface area contributed by atoms with Crippen molar-refractivity contribution in [3.05, 3.63) is 107 Å². The zero-order valence-corrected chi connectivity index (χ0v) is 15.6. The Morgan fingerprint density at radius 2 is 1.61 bits per heavy atom. The van der Waals surface area contributed by atoms with Crippen LogP contribution in [0.1, 0.15) is 44.7 Å². The molecule has 0 heterocycles. The highest BCUT2D eigenvalue weighted by atomic mass is 19.1. The summed E-state index contributed by atoms with van der Waals surface area (Å²) in [4.78, 5) is 23.4. The molecule has 3 aromatic rings. The van der Waals surface area contributed by atoms with Crippen LogP contribution in [0.25, 0.3) is 0 Å². The van der Waals surface area contributed by atoms with Gasteiger partial charge in [-0.15, -0.1) is 0 Å². The van der Waals surface area contributed by atoms with Crippen LogP contribution in [0, 0.1) is 5.82 Å². The molecule has 0 saturated heterocycles. The third-order valence-corrected chi connectivity index (χ3v) is 4.87. The van der Waals surface area contributed by atoms with Crippen molar-refractivity contribution < 1.29 is 14.0 Å². The van der Waals surface area contributed by atoms with Crippen molar-refractivity contribution in [3.8, 4) is 0 Å². The molecular formula is C24H22FNO2. The van der Waals surface area contributed by atoms with E-state index in [0.717, 1.165) is 17.4 Å². The van der Waals surface area contributed by atoms with Crippen LogP contribution in [0.4, 0.5) is 4.39 Å². The molecule has 0 aromatic heterocycles. The topological polar surface area (TPSA) is 46.2 Å². The third-order valence-electron chi connectivity index (χ3n) is 4.87. The van der Waals surface area contributed by atoms with Crippen molar-refractivity contribution in [2.75, 3.05) is 0 Å². The lowest BCUT2D eigenvalue weighted by Gasteiger charge is -2.26. The van der Waals surface area contributed by atoms with Gasteiger partial charge in [-0.25, -0.2) is 4.39 Å². The van der Waals surface area contributed by atoms with E-state index in [2.05, 4.69) is 5.32 Å². The van der Waals surface area contributed by atoms with Crippen molar-refractivity contribution in [2.24, 2.45) is 0 Å². The molecule has 28 heavy (non-hydrogen) atoms. The van der Waals surface area contributed by atoms with Crippen molar-refractivity contribution in [1.29, 1.82) is 0 Å². The molecule has 1 N–H and O–H groups in total. The number of rotatable bonds is 7. The van der Waals surface area contributed by atoms with Gasteiger partial charge < -0.3 is 5.32 Å². The second-order valence-electron chi connectivity index (χ2n) is 6.85. The summed E-state index contributed by atoms with van der Waals surface area (Å²) in [6.07, 6.45) is 1.54. The Hall–Kier alpha value is -3.27. The summed E-state index contributed by atoms with van der Waals surface area (Å²) < 4.78 is 13.1. The normalized spacial score (nSPS) is 12.8. The molecule has 0 aliphatic heterocycles. The summed E-state index contributed by atoms with van der Waals surface area (Å²) >= 11 is 0. The average Bonchev–Trinajstić information content (AvgIpc) is 2.73. The smallest absolute Gasteiger partial charge is 0.251 e. The predicted molar refractivity (Wildman–Crippen MR) is 108 cm³/mol. The molecule has 0 fully saturated rings. The first-order valence-corrected chi connectivity index (χ1v) is 9.22. The van der Waals surface area contributed by atoms with Crippen molar-refractivity contribution in [1.82, 2.24) is 5.32 Å². The molecule has 0 aliphatic carbocycles. The van der Waals surface area contributed by atoms with E-state index in [1.807, 2.05) is 49.4 Å². The molecular weight excluding hydrogens is 353 g/mol. The molecule has 0 aliphatic rings. The lowest BCUT2D eigenvalue weighted by molar-refractivity contribution is 0.0934. The van der Waals surface area contributed by atoms with Gasteiger partial charge >= 0.3 is 0 Å². The van der Waals surface area contributed by atoms with E-state index in [1.165, 1.54) is 24.3 Å². The van der Waals surface area contributed by atoms with Crippen LogP contribution in [0.5, 0.6) is 0 Å². The lowest BCUT2D eigenvalue weighted by atomic mass is 9.86. The first-order valence-electron chi connectivity index (χ1n) is 9.22. The van der Waals surface area contributed by atoms with Crippen LogP contribution in [-0.4, -0.2) is 18.2 Å². The SMILES string of the molecule is CC(NC(=O)c1ccc(F)cc1)C(Cc1ccc(C=O)cc1)c1ccccc1. The van der Waals surface area contributed by atoms with Crippen molar-refractivity contribution in [2.45, 2.75) is 25.3 Å². The molecule has 3 aromatic carbocycles. The Balaban J connectivity index is 1.80. The minimum absolute atomic E-state index is 0.0488. The second-order valence-corrected chi connectivity index (χ2v) is 6.85. The second kappa shape index (κ2) is 9.09. The van der Waals surface area contributed by atoms with Crippen LogP contribution < -0.4 is 5.32 Å². The lowest BCUT2D eigenvalue weighted by Crippen LogP contribution is -2.37. The van der Waals surface area contributed by atoms with Crippen molar-refractivity contribution >= 4 is 12.2 Å². The van der Waals surface area contributed by atoms with Crippen LogP contribution in [0.2, 0.25) is 0 Å². The third kappa shape index (κ3) is 4.92. The zero-order valence-electron chi connectivity index (χ0n) is 15.6. The van der Waals surface area contributed by atoms with Crippen LogP contribution in [0.15, 0.2) is 78.9 Å². The van der Waals surface area contributed by atoms with Gasteiger partial charge in [0.05, 0.1) is 0 Å². The number of carbonyl (C=O) groups excluding carboxylic acids is 2. The quantitative estimate of drug-likeness (QED) is 0.604. The molecule has 4 heteroatoms. The number of halogens is 1. The molecule has 2 unspecified atom stereocenters. The van der Waals surface area contributed by atoms with E-state index in [0.29, 0.717) is 17.5 Å². The molecule has 1 amide bonds. The average molecular weight is 375 g/mol. The number of nitrogens with one attached hydrogen (secondary N) is 1. The maximum Gasteiger partial charge on any atom is 0.251 e. The summed E-state index contributed by atoms with van der Waals surface area (Å²) in [7, 11) is 0. The van der Waals surface area contributed by atoms with E-state index in [9.17, 15) is 14.0 Å². The minimum atomic E-state index is -0.370. The number of amides is 1. The van der Waals surface area contributed by atoms with Gasteiger partial charge in [0.1, 0.15) is 12.1 Å². The van der Waals surface area contributed by atoms with Gasteiger partial charge in [-0.3, -0.25) is 9.59 Å². The van der Waals surface area contributed by atoms with Crippen LogP contribution >= 0.6 is 0 Å². The van der Waals surface area contributed by atoms with E-state index < -0.39 is 0 Å². The highest BCUT2D eigenvalue weighted by Crippen LogP contribution is 2.25. The maximum atomic E-state index is 13.1. The maximum absolute atomic E-state index is 13.1. The number of hydrogen-bond acceptors (Lipinski definition) is 2. The van der Waals surface area contributed by atoms with Crippen molar-refractivity contribution in [3.63, 3.8) is 0 Å². The Morgan fingerprint density at radius 1 is 0.964 bits per heavy atom. The van der Waals surface area contributed by atoms with E-state index in [4.69, 9.17) is 0 Å². The molecule has 0 bridgehead atoms. The summed E-state index contributed by atoms with van der Waals surface area (Å²) in [6, 6.07) is 22.9. The Bertz CT molecular complexity index is 921. The summed E-state index contributed by atoms with van der Waals surface area (Å²) in [5.74, 6) is -0.553. The molecule has 3 nitrogen and oxygen atoms in total.